The van der Waals surface area contributed by atoms with Gasteiger partial charge in [-0.05, 0) is 62.0 Å². The average molecular weight is 559 g/mol. The number of aromatic nitrogens is 5. The first kappa shape index (κ1) is 27.9. The quantitative estimate of drug-likeness (QED) is 0.239. The summed E-state index contributed by atoms with van der Waals surface area (Å²) in [4.78, 5) is 22.0. The number of benzene rings is 2. The maximum absolute atomic E-state index is 13.9. The van der Waals surface area contributed by atoms with E-state index in [1.165, 1.54) is 4.80 Å². The number of hydrogen-bond acceptors (Lipinski definition) is 7. The molecule has 0 spiro atoms. The lowest BCUT2D eigenvalue weighted by Crippen LogP contribution is -2.41. The van der Waals surface area contributed by atoms with Gasteiger partial charge in [0, 0.05) is 18.7 Å². The standard InChI is InChI=1S/C30H38N6O3Si/c1-21-13-14-25(36-31-16-17-32-36)24(20-21)29(37)35-18-9-12-26(35)28-33-27(34-39-28)23-11-8-7-10-22(23)15-19-38-40(5,6)30(2,3)4/h7-8,10-11,13-14,16-17,20,26H,9,12,15,18-19H2,1-6H3/t26-/m0/s1. The lowest BCUT2D eigenvalue weighted by atomic mass is 10.0. The molecule has 3 heterocycles. The second-order valence-corrected chi connectivity index (χ2v) is 16.8. The molecule has 2 aromatic heterocycles. The molecule has 5 rings (SSSR count). The van der Waals surface area contributed by atoms with Crippen molar-refractivity contribution >= 4 is 14.2 Å². The van der Waals surface area contributed by atoms with Crippen LogP contribution in [-0.4, -0.2) is 57.4 Å². The van der Waals surface area contributed by atoms with E-state index >= 15 is 0 Å². The Morgan fingerprint density at radius 3 is 2.62 bits per heavy atom. The van der Waals surface area contributed by atoms with E-state index in [0.29, 0.717) is 36.1 Å². The summed E-state index contributed by atoms with van der Waals surface area (Å²) in [5.74, 6) is 0.898. The van der Waals surface area contributed by atoms with Gasteiger partial charge in [0.15, 0.2) is 8.32 Å². The largest absolute Gasteiger partial charge is 0.416 e. The van der Waals surface area contributed by atoms with Crippen molar-refractivity contribution in [3.63, 3.8) is 0 Å². The van der Waals surface area contributed by atoms with Crippen LogP contribution in [0.5, 0.6) is 0 Å². The maximum atomic E-state index is 13.9. The fourth-order valence-corrected chi connectivity index (χ4v) is 5.87. The van der Waals surface area contributed by atoms with Crippen LogP contribution in [0.3, 0.4) is 0 Å². The molecule has 0 bridgehead atoms. The Balaban J connectivity index is 1.36. The molecule has 1 amide bonds. The van der Waals surface area contributed by atoms with Gasteiger partial charge in [-0.15, -0.1) is 0 Å². The summed E-state index contributed by atoms with van der Waals surface area (Å²) in [6.07, 6.45) is 5.58. The van der Waals surface area contributed by atoms with Crippen molar-refractivity contribution in [2.45, 2.75) is 71.1 Å². The third-order valence-corrected chi connectivity index (χ3v) is 12.7. The fourth-order valence-electron chi connectivity index (χ4n) is 4.83. The predicted octanol–water partition coefficient (Wildman–Crippen LogP) is 6.17. The van der Waals surface area contributed by atoms with Gasteiger partial charge in [-0.1, -0.05) is 61.8 Å². The molecule has 9 nitrogen and oxygen atoms in total. The second kappa shape index (κ2) is 11.1. The summed E-state index contributed by atoms with van der Waals surface area (Å²) >= 11 is 0. The van der Waals surface area contributed by atoms with Crippen molar-refractivity contribution < 1.29 is 13.7 Å². The van der Waals surface area contributed by atoms with Crippen LogP contribution in [0.25, 0.3) is 17.1 Å². The van der Waals surface area contributed by atoms with E-state index < -0.39 is 8.32 Å². The molecular formula is C30H38N6O3Si. The van der Waals surface area contributed by atoms with Gasteiger partial charge in [-0.3, -0.25) is 4.79 Å². The zero-order chi connectivity index (χ0) is 28.5. The maximum Gasteiger partial charge on any atom is 0.256 e. The van der Waals surface area contributed by atoms with Crippen LogP contribution in [0, 0.1) is 6.92 Å². The lowest BCUT2D eigenvalue weighted by Gasteiger charge is -2.36. The van der Waals surface area contributed by atoms with E-state index in [1.807, 2.05) is 48.2 Å². The first-order chi connectivity index (χ1) is 19.0. The van der Waals surface area contributed by atoms with Gasteiger partial charge in [-0.2, -0.15) is 20.0 Å². The van der Waals surface area contributed by atoms with Crippen LogP contribution in [0.4, 0.5) is 0 Å². The molecule has 0 radical (unpaired) electrons. The molecule has 0 N–H and O–H groups in total. The van der Waals surface area contributed by atoms with Crippen LogP contribution in [0.15, 0.2) is 59.4 Å². The molecule has 1 aliphatic rings. The first-order valence-corrected chi connectivity index (χ1v) is 16.8. The minimum atomic E-state index is -1.84. The lowest BCUT2D eigenvalue weighted by molar-refractivity contribution is 0.0709. The average Bonchev–Trinajstić information content (AvgIpc) is 3.69. The van der Waals surface area contributed by atoms with E-state index in [4.69, 9.17) is 13.9 Å². The Morgan fingerprint density at radius 2 is 1.88 bits per heavy atom. The smallest absolute Gasteiger partial charge is 0.256 e. The van der Waals surface area contributed by atoms with Crippen LogP contribution in [0.2, 0.25) is 18.1 Å². The molecule has 0 saturated carbocycles. The molecule has 1 fully saturated rings. The number of rotatable bonds is 8. The number of hydrogen-bond donors (Lipinski definition) is 0. The highest BCUT2D eigenvalue weighted by Gasteiger charge is 2.37. The molecule has 1 atom stereocenters. The van der Waals surface area contributed by atoms with Crippen molar-refractivity contribution in [1.29, 1.82) is 0 Å². The van der Waals surface area contributed by atoms with Gasteiger partial charge >= 0.3 is 0 Å². The molecule has 1 aliphatic heterocycles. The van der Waals surface area contributed by atoms with Gasteiger partial charge in [0.05, 0.1) is 23.6 Å². The molecule has 40 heavy (non-hydrogen) atoms. The molecule has 210 valence electrons. The van der Waals surface area contributed by atoms with Gasteiger partial charge in [-0.25, -0.2) is 0 Å². The van der Waals surface area contributed by atoms with Gasteiger partial charge in [0.2, 0.25) is 11.7 Å². The number of nitrogens with zero attached hydrogens (tertiary/aromatic N) is 6. The fraction of sp³-hybridized carbons (Fsp3) is 0.433. The Labute approximate surface area is 236 Å². The Hall–Kier alpha value is -3.63. The number of carbonyl (C=O) groups is 1. The van der Waals surface area contributed by atoms with Crippen LogP contribution >= 0.6 is 0 Å². The molecule has 10 heteroatoms. The van der Waals surface area contributed by atoms with Gasteiger partial charge in [0.1, 0.15) is 6.04 Å². The Bertz CT molecular complexity index is 1470. The summed E-state index contributed by atoms with van der Waals surface area (Å²) in [6, 6.07) is 13.5. The topological polar surface area (TPSA) is 99.2 Å². The van der Waals surface area contributed by atoms with Crippen molar-refractivity contribution in [3.05, 3.63) is 77.4 Å². The van der Waals surface area contributed by atoms with E-state index in [2.05, 4.69) is 55.3 Å². The van der Waals surface area contributed by atoms with E-state index in [1.54, 1.807) is 12.4 Å². The highest BCUT2D eigenvalue weighted by molar-refractivity contribution is 6.74. The molecule has 0 aliphatic carbocycles. The SMILES string of the molecule is Cc1ccc(-n2nccn2)c(C(=O)N2CCC[C@H]2c2nc(-c3ccccc3CCO[Si](C)(C)C(C)(C)C)no2)c1. The predicted molar refractivity (Wildman–Crippen MR) is 156 cm³/mol. The highest BCUT2D eigenvalue weighted by Crippen LogP contribution is 2.37. The monoisotopic (exact) mass is 558 g/mol. The third kappa shape index (κ3) is 5.64. The van der Waals surface area contributed by atoms with Crippen LogP contribution in [-0.2, 0) is 10.8 Å². The molecule has 4 aromatic rings. The number of carbonyl (C=O) groups excluding carboxylic acids is 1. The van der Waals surface area contributed by atoms with Gasteiger partial charge < -0.3 is 13.8 Å². The summed E-state index contributed by atoms with van der Waals surface area (Å²) in [5.41, 5.74) is 4.23. The van der Waals surface area contributed by atoms with Crippen molar-refractivity contribution in [1.82, 2.24) is 30.0 Å². The zero-order valence-corrected chi connectivity index (χ0v) is 25.2. The molecule has 0 unspecified atom stereocenters. The number of aryl methyl sites for hydroxylation is 1. The van der Waals surface area contributed by atoms with Crippen molar-refractivity contribution in [2.75, 3.05) is 13.2 Å². The molecular weight excluding hydrogens is 520 g/mol. The summed E-state index contributed by atoms with van der Waals surface area (Å²) in [7, 11) is -1.84. The summed E-state index contributed by atoms with van der Waals surface area (Å²) < 4.78 is 12.2. The molecule has 2 aromatic carbocycles. The third-order valence-electron chi connectivity index (χ3n) is 8.16. The zero-order valence-electron chi connectivity index (χ0n) is 24.2. The van der Waals surface area contributed by atoms with E-state index in [9.17, 15) is 4.79 Å². The van der Waals surface area contributed by atoms with E-state index in [0.717, 1.165) is 36.0 Å². The van der Waals surface area contributed by atoms with Crippen LogP contribution in [0.1, 0.15) is 67.0 Å². The highest BCUT2D eigenvalue weighted by atomic mass is 28.4. The molecule has 1 saturated heterocycles. The van der Waals surface area contributed by atoms with Crippen LogP contribution < -0.4 is 0 Å². The second-order valence-electron chi connectivity index (χ2n) is 12.0. The van der Waals surface area contributed by atoms with Crippen molar-refractivity contribution in [2.24, 2.45) is 0 Å². The summed E-state index contributed by atoms with van der Waals surface area (Å²) in [5, 5.41) is 13.0. The normalized spacial score (nSPS) is 16.1. The Morgan fingerprint density at radius 1 is 1.12 bits per heavy atom. The van der Waals surface area contributed by atoms with E-state index in [-0.39, 0.29) is 17.0 Å². The Kier molecular flexibility index (Phi) is 7.74. The minimum Gasteiger partial charge on any atom is -0.416 e. The number of likely N-dealkylation sites (tertiary alicyclic amines) is 1. The van der Waals surface area contributed by atoms with Gasteiger partial charge in [0.25, 0.3) is 5.91 Å². The summed E-state index contributed by atoms with van der Waals surface area (Å²) in [6.45, 7) is 14.5. The number of amides is 1. The first-order valence-electron chi connectivity index (χ1n) is 13.9. The minimum absolute atomic E-state index is 0.0959. The van der Waals surface area contributed by atoms with Crippen molar-refractivity contribution in [3.8, 4) is 17.1 Å².